The number of hydrogen-bond acceptors (Lipinski definition) is 5. The van der Waals surface area contributed by atoms with Crippen LogP contribution in [0.2, 0.25) is 0 Å². The molecule has 22 heavy (non-hydrogen) atoms. The van der Waals surface area contributed by atoms with E-state index in [1.54, 1.807) is 13.4 Å². The van der Waals surface area contributed by atoms with Gasteiger partial charge < -0.3 is 14.5 Å². The Morgan fingerprint density at radius 2 is 1.95 bits per heavy atom. The van der Waals surface area contributed by atoms with Crippen molar-refractivity contribution < 1.29 is 14.3 Å². The van der Waals surface area contributed by atoms with Crippen LogP contribution >= 0.6 is 0 Å². The predicted molar refractivity (Wildman–Crippen MR) is 82.0 cm³/mol. The quantitative estimate of drug-likeness (QED) is 0.752. The van der Waals surface area contributed by atoms with Gasteiger partial charge in [0.15, 0.2) is 0 Å². The van der Waals surface area contributed by atoms with Crippen LogP contribution in [0.25, 0.3) is 22.2 Å². The molecule has 0 amide bonds. The highest BCUT2D eigenvalue weighted by atomic mass is 16.5. The minimum Gasteiger partial charge on any atom is -0.496 e. The molecule has 0 bridgehead atoms. The fourth-order valence-corrected chi connectivity index (χ4v) is 2.40. The van der Waals surface area contributed by atoms with Crippen LogP contribution in [0.5, 0.6) is 5.75 Å². The average Bonchev–Trinajstić information content (AvgIpc) is 3.00. The highest BCUT2D eigenvalue weighted by Gasteiger charge is 2.18. The number of esters is 1. The van der Waals surface area contributed by atoms with Crippen molar-refractivity contribution in [1.82, 2.24) is 15.0 Å². The van der Waals surface area contributed by atoms with E-state index in [0.29, 0.717) is 16.9 Å². The molecule has 1 aromatic carbocycles. The molecule has 1 N–H and O–H groups in total. The maximum Gasteiger partial charge on any atom is 0.340 e. The van der Waals surface area contributed by atoms with Crippen LogP contribution in [-0.2, 0) is 4.74 Å². The molecule has 0 aliphatic heterocycles. The predicted octanol–water partition coefficient (Wildman–Crippen LogP) is 2.73. The second-order valence-electron chi connectivity index (χ2n) is 4.84. The van der Waals surface area contributed by atoms with Crippen molar-refractivity contribution in [2.75, 3.05) is 14.2 Å². The van der Waals surface area contributed by atoms with Gasteiger partial charge in [0.05, 0.1) is 37.1 Å². The zero-order chi connectivity index (χ0) is 15.7. The number of H-pyrrole nitrogens is 1. The molecule has 0 unspecified atom stereocenters. The Balaban J connectivity index is 2.30. The smallest absolute Gasteiger partial charge is 0.340 e. The van der Waals surface area contributed by atoms with E-state index < -0.39 is 5.97 Å². The van der Waals surface area contributed by atoms with Gasteiger partial charge in [0.2, 0.25) is 0 Å². The van der Waals surface area contributed by atoms with E-state index in [0.717, 1.165) is 22.3 Å². The van der Waals surface area contributed by atoms with Crippen LogP contribution in [0.4, 0.5) is 0 Å². The molecule has 0 fully saturated rings. The number of aromatic nitrogens is 3. The SMILES string of the molecule is COC(=O)c1cnc(C)cc1-c1cc2[nH]cnc2cc1OC. The first-order valence-corrected chi connectivity index (χ1v) is 6.70. The van der Waals surface area contributed by atoms with Gasteiger partial charge in [0, 0.05) is 29.1 Å². The van der Waals surface area contributed by atoms with E-state index >= 15 is 0 Å². The molecule has 6 nitrogen and oxygen atoms in total. The first kappa shape index (κ1) is 14.1. The summed E-state index contributed by atoms with van der Waals surface area (Å²) in [5.41, 5.74) is 4.35. The van der Waals surface area contributed by atoms with Crippen LogP contribution in [0.1, 0.15) is 16.1 Å². The zero-order valence-electron chi connectivity index (χ0n) is 12.5. The number of nitrogens with one attached hydrogen (secondary N) is 1. The fourth-order valence-electron chi connectivity index (χ4n) is 2.40. The molecule has 0 atom stereocenters. The van der Waals surface area contributed by atoms with Gasteiger partial charge in [-0.3, -0.25) is 4.98 Å². The van der Waals surface area contributed by atoms with Crippen molar-refractivity contribution in [3.8, 4) is 16.9 Å². The molecule has 3 aromatic rings. The zero-order valence-corrected chi connectivity index (χ0v) is 12.5. The van der Waals surface area contributed by atoms with Crippen molar-refractivity contribution >= 4 is 17.0 Å². The molecule has 0 radical (unpaired) electrons. The molecule has 112 valence electrons. The summed E-state index contributed by atoms with van der Waals surface area (Å²) >= 11 is 0. The summed E-state index contributed by atoms with van der Waals surface area (Å²) < 4.78 is 10.3. The maximum absolute atomic E-state index is 12.0. The summed E-state index contributed by atoms with van der Waals surface area (Å²) in [6, 6.07) is 5.58. The van der Waals surface area contributed by atoms with Gasteiger partial charge in [-0.1, -0.05) is 0 Å². The second kappa shape index (κ2) is 5.48. The summed E-state index contributed by atoms with van der Waals surface area (Å²) in [5, 5.41) is 0. The largest absolute Gasteiger partial charge is 0.496 e. The summed E-state index contributed by atoms with van der Waals surface area (Å²) in [6.45, 7) is 1.87. The number of imidazole rings is 1. The fraction of sp³-hybridized carbons (Fsp3) is 0.188. The van der Waals surface area contributed by atoms with Gasteiger partial charge in [-0.2, -0.15) is 0 Å². The molecule has 6 heteroatoms. The highest BCUT2D eigenvalue weighted by molar-refractivity contribution is 5.99. The molecule has 2 aromatic heterocycles. The number of aromatic amines is 1. The standard InChI is InChI=1S/C16H15N3O3/c1-9-4-10(12(7-17-9)16(20)22-3)11-5-13-14(19-8-18-13)6-15(11)21-2/h4-8H,1-3H3,(H,18,19). The number of hydrogen-bond donors (Lipinski definition) is 1. The lowest BCUT2D eigenvalue weighted by Crippen LogP contribution is -2.05. The normalized spacial score (nSPS) is 10.7. The van der Waals surface area contributed by atoms with Gasteiger partial charge in [0.25, 0.3) is 0 Å². The Labute approximate surface area is 127 Å². The number of methoxy groups -OCH3 is 2. The van der Waals surface area contributed by atoms with Gasteiger partial charge in [-0.05, 0) is 19.1 Å². The lowest BCUT2D eigenvalue weighted by molar-refractivity contribution is 0.0601. The van der Waals surface area contributed by atoms with Crippen LogP contribution in [0.3, 0.4) is 0 Å². The number of ether oxygens (including phenoxy) is 2. The Morgan fingerprint density at radius 1 is 1.14 bits per heavy atom. The van der Waals surface area contributed by atoms with Crippen molar-refractivity contribution in [2.24, 2.45) is 0 Å². The molecule has 3 rings (SSSR count). The molecular weight excluding hydrogens is 282 g/mol. The number of aryl methyl sites for hydroxylation is 1. The van der Waals surface area contributed by atoms with E-state index in [1.807, 2.05) is 25.1 Å². The van der Waals surface area contributed by atoms with Gasteiger partial charge in [0.1, 0.15) is 5.75 Å². The van der Waals surface area contributed by atoms with E-state index in [9.17, 15) is 4.79 Å². The number of benzene rings is 1. The van der Waals surface area contributed by atoms with Crippen molar-refractivity contribution in [2.45, 2.75) is 6.92 Å². The highest BCUT2D eigenvalue weighted by Crippen LogP contribution is 2.35. The Kier molecular flexibility index (Phi) is 3.50. The van der Waals surface area contributed by atoms with E-state index in [4.69, 9.17) is 9.47 Å². The van der Waals surface area contributed by atoms with Gasteiger partial charge in [-0.15, -0.1) is 0 Å². The van der Waals surface area contributed by atoms with E-state index in [-0.39, 0.29) is 0 Å². The molecule has 2 heterocycles. The third-order valence-electron chi connectivity index (χ3n) is 3.48. The molecule has 0 aliphatic carbocycles. The summed E-state index contributed by atoms with van der Waals surface area (Å²) in [6.07, 6.45) is 3.14. The minimum absolute atomic E-state index is 0.394. The number of carbonyl (C=O) groups is 1. The second-order valence-corrected chi connectivity index (χ2v) is 4.84. The number of rotatable bonds is 3. The first-order valence-electron chi connectivity index (χ1n) is 6.70. The summed E-state index contributed by atoms with van der Waals surface area (Å²) in [4.78, 5) is 23.5. The summed E-state index contributed by atoms with van der Waals surface area (Å²) in [7, 11) is 2.93. The molecule has 0 saturated heterocycles. The minimum atomic E-state index is -0.436. The van der Waals surface area contributed by atoms with E-state index in [1.165, 1.54) is 13.3 Å². The Bertz CT molecular complexity index is 855. The third kappa shape index (κ3) is 2.28. The molecule has 0 saturated carbocycles. The Morgan fingerprint density at radius 3 is 2.68 bits per heavy atom. The lowest BCUT2D eigenvalue weighted by atomic mass is 9.99. The van der Waals surface area contributed by atoms with Gasteiger partial charge >= 0.3 is 5.97 Å². The topological polar surface area (TPSA) is 77.1 Å². The molecule has 0 spiro atoms. The average molecular weight is 297 g/mol. The van der Waals surface area contributed by atoms with Crippen molar-refractivity contribution in [3.05, 3.63) is 42.0 Å². The van der Waals surface area contributed by atoms with Crippen LogP contribution < -0.4 is 4.74 Å². The van der Waals surface area contributed by atoms with Crippen LogP contribution in [-0.4, -0.2) is 35.1 Å². The van der Waals surface area contributed by atoms with Crippen LogP contribution in [0, 0.1) is 6.92 Å². The van der Waals surface area contributed by atoms with Crippen molar-refractivity contribution in [1.29, 1.82) is 0 Å². The number of fused-ring (bicyclic) bond motifs is 1. The molecular formula is C16H15N3O3. The molecule has 0 aliphatic rings. The van der Waals surface area contributed by atoms with Gasteiger partial charge in [-0.25, -0.2) is 9.78 Å². The maximum atomic E-state index is 12.0. The summed E-state index contributed by atoms with van der Waals surface area (Å²) in [5.74, 6) is 0.199. The third-order valence-corrected chi connectivity index (χ3v) is 3.48. The Hall–Kier alpha value is -2.89. The number of carbonyl (C=O) groups excluding carboxylic acids is 1. The number of pyridine rings is 1. The van der Waals surface area contributed by atoms with E-state index in [2.05, 4.69) is 15.0 Å². The first-order chi connectivity index (χ1) is 10.6. The monoisotopic (exact) mass is 297 g/mol. The number of nitrogens with zero attached hydrogens (tertiary/aromatic N) is 2. The van der Waals surface area contributed by atoms with Crippen molar-refractivity contribution in [3.63, 3.8) is 0 Å². The van der Waals surface area contributed by atoms with Crippen LogP contribution in [0.15, 0.2) is 30.7 Å². The lowest BCUT2D eigenvalue weighted by Gasteiger charge is -2.12.